The Morgan fingerprint density at radius 2 is 1.92 bits per heavy atom. The lowest BCUT2D eigenvalue weighted by molar-refractivity contribution is 0.950. The maximum Gasteiger partial charge on any atom is 0.0629 e. The summed E-state index contributed by atoms with van der Waals surface area (Å²) >= 11 is 0. The lowest BCUT2D eigenvalue weighted by Crippen LogP contribution is -1.98. The fourth-order valence-electron chi connectivity index (χ4n) is 1.88. The standard InChI is InChI=1S/C11H16N2/c1-7-8(2)11(13-9(7)3)10-5-4-6-12-10/h13H,4-6H2,1-3H3. The Morgan fingerprint density at radius 1 is 1.15 bits per heavy atom. The van der Waals surface area contributed by atoms with E-state index in [1.165, 1.54) is 34.6 Å². The first-order valence-electron chi connectivity index (χ1n) is 4.89. The van der Waals surface area contributed by atoms with Crippen LogP contribution in [0.2, 0.25) is 0 Å². The van der Waals surface area contributed by atoms with Gasteiger partial charge in [-0.15, -0.1) is 0 Å². The molecule has 0 saturated carbocycles. The SMILES string of the molecule is Cc1[nH]c(C2=NCCC2)c(C)c1C. The molecule has 0 saturated heterocycles. The zero-order valence-corrected chi connectivity index (χ0v) is 8.57. The fourth-order valence-corrected chi connectivity index (χ4v) is 1.88. The van der Waals surface area contributed by atoms with Crippen molar-refractivity contribution in [3.8, 4) is 0 Å². The fraction of sp³-hybridized carbons (Fsp3) is 0.545. The Bertz CT molecular complexity index is 358. The minimum atomic E-state index is 1.01. The van der Waals surface area contributed by atoms with Gasteiger partial charge in [-0.3, -0.25) is 4.99 Å². The van der Waals surface area contributed by atoms with Gasteiger partial charge in [0.15, 0.2) is 0 Å². The molecule has 2 rings (SSSR count). The number of aromatic nitrogens is 1. The van der Waals surface area contributed by atoms with Crippen LogP contribution in [0.5, 0.6) is 0 Å². The van der Waals surface area contributed by atoms with Gasteiger partial charge >= 0.3 is 0 Å². The molecule has 0 radical (unpaired) electrons. The molecular weight excluding hydrogens is 160 g/mol. The molecule has 0 bridgehead atoms. The van der Waals surface area contributed by atoms with Crippen molar-refractivity contribution in [3.63, 3.8) is 0 Å². The van der Waals surface area contributed by atoms with Crippen LogP contribution in [0.1, 0.15) is 35.4 Å². The van der Waals surface area contributed by atoms with E-state index in [0.717, 1.165) is 13.0 Å². The molecule has 0 atom stereocenters. The van der Waals surface area contributed by atoms with Crippen LogP contribution in [0, 0.1) is 20.8 Å². The smallest absolute Gasteiger partial charge is 0.0629 e. The topological polar surface area (TPSA) is 28.1 Å². The summed E-state index contributed by atoms with van der Waals surface area (Å²) in [5.74, 6) is 0. The number of nitrogens with zero attached hydrogens (tertiary/aromatic N) is 1. The predicted molar refractivity (Wildman–Crippen MR) is 55.6 cm³/mol. The van der Waals surface area contributed by atoms with E-state index in [4.69, 9.17) is 0 Å². The van der Waals surface area contributed by atoms with E-state index in [2.05, 4.69) is 30.7 Å². The van der Waals surface area contributed by atoms with Crippen LogP contribution in [0.4, 0.5) is 0 Å². The molecule has 0 unspecified atom stereocenters. The maximum absolute atomic E-state index is 4.51. The van der Waals surface area contributed by atoms with E-state index < -0.39 is 0 Å². The van der Waals surface area contributed by atoms with Crippen molar-refractivity contribution < 1.29 is 0 Å². The summed E-state index contributed by atoms with van der Waals surface area (Å²) < 4.78 is 0. The average Bonchev–Trinajstić information content (AvgIpc) is 2.70. The van der Waals surface area contributed by atoms with Crippen LogP contribution in [-0.4, -0.2) is 17.2 Å². The number of hydrogen-bond donors (Lipinski definition) is 1. The molecule has 1 N–H and O–H groups in total. The first-order chi connectivity index (χ1) is 6.20. The second-order valence-corrected chi connectivity index (χ2v) is 3.81. The second kappa shape index (κ2) is 3.02. The molecule has 0 fully saturated rings. The van der Waals surface area contributed by atoms with E-state index >= 15 is 0 Å². The van der Waals surface area contributed by atoms with Gasteiger partial charge < -0.3 is 4.98 Å². The molecule has 13 heavy (non-hydrogen) atoms. The highest BCUT2D eigenvalue weighted by Gasteiger charge is 2.15. The molecule has 2 heteroatoms. The molecule has 2 nitrogen and oxygen atoms in total. The van der Waals surface area contributed by atoms with Crippen LogP contribution in [0.15, 0.2) is 4.99 Å². The van der Waals surface area contributed by atoms with Crippen LogP contribution in [-0.2, 0) is 0 Å². The first kappa shape index (κ1) is 8.54. The molecule has 1 aromatic rings. The van der Waals surface area contributed by atoms with Crippen molar-refractivity contribution in [3.05, 3.63) is 22.5 Å². The summed E-state index contributed by atoms with van der Waals surface area (Å²) in [6.45, 7) is 7.47. The minimum absolute atomic E-state index is 1.01. The molecule has 70 valence electrons. The van der Waals surface area contributed by atoms with Crippen molar-refractivity contribution in [2.45, 2.75) is 33.6 Å². The Morgan fingerprint density at radius 3 is 2.38 bits per heavy atom. The molecule has 0 spiro atoms. The van der Waals surface area contributed by atoms with Gasteiger partial charge in [-0.2, -0.15) is 0 Å². The summed E-state index contributed by atoms with van der Waals surface area (Å²) in [4.78, 5) is 7.93. The number of rotatable bonds is 1. The molecule has 0 amide bonds. The van der Waals surface area contributed by atoms with Gasteiger partial charge in [-0.25, -0.2) is 0 Å². The first-order valence-corrected chi connectivity index (χ1v) is 4.89. The largest absolute Gasteiger partial charge is 0.357 e. The number of aryl methyl sites for hydroxylation is 1. The van der Waals surface area contributed by atoms with E-state index in [9.17, 15) is 0 Å². The predicted octanol–water partition coefficient (Wildman–Crippen LogP) is 2.52. The number of H-pyrrole nitrogens is 1. The Kier molecular flexibility index (Phi) is 1.98. The van der Waals surface area contributed by atoms with Gasteiger partial charge in [-0.1, -0.05) is 0 Å². The van der Waals surface area contributed by atoms with Gasteiger partial charge in [0.1, 0.15) is 0 Å². The van der Waals surface area contributed by atoms with Gasteiger partial charge in [0.25, 0.3) is 0 Å². The van der Waals surface area contributed by atoms with Crippen molar-refractivity contribution in [1.82, 2.24) is 4.98 Å². The third-order valence-electron chi connectivity index (χ3n) is 2.98. The van der Waals surface area contributed by atoms with Crippen LogP contribution < -0.4 is 0 Å². The normalized spacial score (nSPS) is 16.4. The lowest BCUT2D eigenvalue weighted by atomic mass is 10.1. The van der Waals surface area contributed by atoms with E-state index in [1.54, 1.807) is 0 Å². The van der Waals surface area contributed by atoms with Crippen LogP contribution in [0.25, 0.3) is 0 Å². The number of aliphatic imine (C=N–C) groups is 1. The molecule has 2 heterocycles. The van der Waals surface area contributed by atoms with E-state index in [1.807, 2.05) is 0 Å². The van der Waals surface area contributed by atoms with E-state index in [0.29, 0.717) is 0 Å². The highest BCUT2D eigenvalue weighted by molar-refractivity contribution is 6.01. The Hall–Kier alpha value is -1.05. The highest BCUT2D eigenvalue weighted by atomic mass is 14.8. The Balaban J connectivity index is 2.45. The van der Waals surface area contributed by atoms with Crippen molar-refractivity contribution in [1.29, 1.82) is 0 Å². The molecule has 0 aliphatic carbocycles. The van der Waals surface area contributed by atoms with Gasteiger partial charge in [0.05, 0.1) is 11.4 Å². The quantitative estimate of drug-likeness (QED) is 0.681. The number of aromatic amines is 1. The van der Waals surface area contributed by atoms with Gasteiger partial charge in [0.2, 0.25) is 0 Å². The molecule has 1 aromatic heterocycles. The number of nitrogens with one attached hydrogen (secondary N) is 1. The number of hydrogen-bond acceptors (Lipinski definition) is 1. The lowest BCUT2D eigenvalue weighted by Gasteiger charge is -1.98. The minimum Gasteiger partial charge on any atom is -0.357 e. The van der Waals surface area contributed by atoms with Crippen LogP contribution >= 0.6 is 0 Å². The summed E-state index contributed by atoms with van der Waals surface area (Å²) in [7, 11) is 0. The van der Waals surface area contributed by atoms with Crippen LogP contribution in [0.3, 0.4) is 0 Å². The van der Waals surface area contributed by atoms with Crippen molar-refractivity contribution >= 4 is 5.71 Å². The maximum atomic E-state index is 4.51. The zero-order chi connectivity index (χ0) is 9.42. The summed E-state index contributed by atoms with van der Waals surface area (Å²) in [6, 6.07) is 0. The summed E-state index contributed by atoms with van der Waals surface area (Å²) in [6.07, 6.45) is 2.35. The zero-order valence-electron chi connectivity index (χ0n) is 8.57. The highest BCUT2D eigenvalue weighted by Crippen LogP contribution is 2.20. The monoisotopic (exact) mass is 176 g/mol. The van der Waals surface area contributed by atoms with E-state index in [-0.39, 0.29) is 0 Å². The molecule has 1 aliphatic rings. The third kappa shape index (κ3) is 1.30. The molecule has 1 aliphatic heterocycles. The molecular formula is C11H16N2. The van der Waals surface area contributed by atoms with Gasteiger partial charge in [-0.05, 0) is 44.7 Å². The Labute approximate surface area is 79.1 Å². The summed E-state index contributed by atoms with van der Waals surface area (Å²) in [5, 5.41) is 0. The second-order valence-electron chi connectivity index (χ2n) is 3.81. The van der Waals surface area contributed by atoms with Crippen molar-refractivity contribution in [2.75, 3.05) is 6.54 Å². The molecule has 0 aromatic carbocycles. The summed E-state index contributed by atoms with van der Waals surface area (Å²) in [5.41, 5.74) is 6.58. The van der Waals surface area contributed by atoms with Crippen molar-refractivity contribution in [2.24, 2.45) is 4.99 Å². The third-order valence-corrected chi connectivity index (χ3v) is 2.98. The van der Waals surface area contributed by atoms with Gasteiger partial charge in [0, 0.05) is 12.2 Å². The average molecular weight is 176 g/mol.